The number of nitrogens with one attached hydrogen (secondary N) is 2. The predicted octanol–water partition coefficient (Wildman–Crippen LogP) is 1.87. The molecule has 0 radical (unpaired) electrons. The van der Waals surface area contributed by atoms with Gasteiger partial charge in [0, 0.05) is 31.2 Å². The SMILES string of the molecule is NC(=NCC(F)(F)F)Nc1ccnc(CCCCC(=O)NCC(F)(F)F)n1.O=C(O)/C=C\C(=O)O. The van der Waals surface area contributed by atoms with Gasteiger partial charge in [-0.15, -0.1) is 0 Å². The summed E-state index contributed by atoms with van der Waals surface area (Å²) in [7, 11) is 0. The van der Waals surface area contributed by atoms with E-state index in [0.29, 0.717) is 37.2 Å². The number of amides is 1. The molecule has 0 aromatic carbocycles. The minimum atomic E-state index is -4.48. The number of nitrogens with zero attached hydrogens (tertiary/aromatic N) is 3. The van der Waals surface area contributed by atoms with Gasteiger partial charge in [-0.25, -0.2) is 24.5 Å². The molecule has 0 aliphatic carbocycles. The molecule has 1 aromatic rings. The average molecular weight is 516 g/mol. The molecule has 0 saturated heterocycles. The lowest BCUT2D eigenvalue weighted by molar-refractivity contribution is -0.138. The quantitative estimate of drug-likeness (QED) is 0.102. The molecule has 1 amide bonds. The maximum absolute atomic E-state index is 12.1. The summed E-state index contributed by atoms with van der Waals surface area (Å²) >= 11 is 0. The molecule has 1 rings (SSSR count). The summed E-state index contributed by atoms with van der Waals surface area (Å²) in [4.78, 5) is 41.5. The molecule has 35 heavy (non-hydrogen) atoms. The molecule has 1 heterocycles. The molecule has 0 aliphatic rings. The van der Waals surface area contributed by atoms with E-state index in [1.165, 1.54) is 12.3 Å². The first kappa shape index (κ1) is 31.1. The van der Waals surface area contributed by atoms with Crippen LogP contribution in [0, 0.1) is 0 Å². The van der Waals surface area contributed by atoms with E-state index < -0.39 is 49.2 Å². The van der Waals surface area contributed by atoms with Crippen molar-refractivity contribution in [2.45, 2.75) is 38.0 Å². The molecule has 1 aromatic heterocycles. The molecule has 0 atom stereocenters. The van der Waals surface area contributed by atoms with E-state index >= 15 is 0 Å². The minimum Gasteiger partial charge on any atom is -0.478 e. The van der Waals surface area contributed by atoms with Crippen LogP contribution >= 0.6 is 0 Å². The van der Waals surface area contributed by atoms with Gasteiger partial charge in [0.1, 0.15) is 24.7 Å². The second kappa shape index (κ2) is 15.1. The number of guanidine groups is 1. The first-order valence-electron chi connectivity index (χ1n) is 9.50. The number of halogens is 6. The van der Waals surface area contributed by atoms with Crippen LogP contribution in [0.1, 0.15) is 25.1 Å². The van der Waals surface area contributed by atoms with E-state index in [1.807, 2.05) is 0 Å². The summed E-state index contributed by atoms with van der Waals surface area (Å²) < 4.78 is 72.0. The number of carboxylic acids is 2. The number of carbonyl (C=O) groups is 3. The molecule has 0 saturated carbocycles. The zero-order valence-electron chi connectivity index (χ0n) is 17.9. The molecular weight excluding hydrogens is 494 g/mol. The number of nitrogens with two attached hydrogens (primary N) is 1. The molecule has 0 unspecified atom stereocenters. The van der Waals surface area contributed by atoms with Crippen molar-refractivity contribution in [3.05, 3.63) is 30.2 Å². The van der Waals surface area contributed by atoms with Crippen molar-refractivity contribution in [2.75, 3.05) is 18.4 Å². The van der Waals surface area contributed by atoms with Crippen LogP contribution in [-0.4, -0.2) is 69.4 Å². The Kier molecular flexibility index (Phi) is 13.4. The largest absolute Gasteiger partial charge is 0.478 e. The van der Waals surface area contributed by atoms with Crippen molar-refractivity contribution < 1.29 is 50.9 Å². The number of carbonyl (C=O) groups excluding carboxylic acids is 1. The Morgan fingerprint density at radius 1 is 1.03 bits per heavy atom. The Bertz CT molecular complexity index is 889. The Labute approximate surface area is 194 Å². The Morgan fingerprint density at radius 3 is 2.14 bits per heavy atom. The summed E-state index contributed by atoms with van der Waals surface area (Å²) in [6.07, 6.45) is -5.46. The van der Waals surface area contributed by atoms with Gasteiger partial charge in [-0.1, -0.05) is 0 Å². The highest BCUT2D eigenvalue weighted by atomic mass is 19.4. The van der Waals surface area contributed by atoms with Gasteiger partial charge < -0.3 is 26.6 Å². The number of alkyl halides is 6. The maximum Gasteiger partial charge on any atom is 0.408 e. The number of hydrogen-bond donors (Lipinski definition) is 5. The zero-order valence-corrected chi connectivity index (χ0v) is 17.9. The van der Waals surface area contributed by atoms with Crippen LogP contribution in [0.3, 0.4) is 0 Å². The molecule has 11 nitrogen and oxygen atoms in total. The summed E-state index contributed by atoms with van der Waals surface area (Å²) in [5.41, 5.74) is 5.33. The van der Waals surface area contributed by atoms with E-state index in [4.69, 9.17) is 15.9 Å². The fraction of sp³-hybridized carbons (Fsp3) is 0.444. The van der Waals surface area contributed by atoms with E-state index in [0.717, 1.165) is 0 Å². The number of anilines is 1. The molecule has 6 N–H and O–H groups in total. The zero-order chi connectivity index (χ0) is 27.1. The molecule has 17 heteroatoms. The van der Waals surface area contributed by atoms with Crippen LogP contribution in [0.15, 0.2) is 29.4 Å². The number of aromatic nitrogens is 2. The summed E-state index contributed by atoms with van der Waals surface area (Å²) in [6, 6.07) is 1.38. The third kappa shape index (κ3) is 20.4. The third-order valence-corrected chi connectivity index (χ3v) is 3.30. The van der Waals surface area contributed by atoms with Gasteiger partial charge in [-0.05, 0) is 18.9 Å². The number of aliphatic imine (C=N–C) groups is 1. The first-order valence-corrected chi connectivity index (χ1v) is 9.50. The topological polar surface area (TPSA) is 180 Å². The fourth-order valence-electron chi connectivity index (χ4n) is 1.93. The highest BCUT2D eigenvalue weighted by Gasteiger charge is 2.27. The monoisotopic (exact) mass is 516 g/mol. The smallest absolute Gasteiger partial charge is 0.408 e. The molecule has 0 fully saturated rings. The Morgan fingerprint density at radius 2 is 1.63 bits per heavy atom. The van der Waals surface area contributed by atoms with Crippen molar-refractivity contribution in [1.82, 2.24) is 15.3 Å². The van der Waals surface area contributed by atoms with E-state index in [9.17, 15) is 40.7 Å². The molecule has 0 spiro atoms. The van der Waals surface area contributed by atoms with Crippen molar-refractivity contribution in [3.63, 3.8) is 0 Å². The lowest BCUT2D eigenvalue weighted by Gasteiger charge is -2.08. The maximum atomic E-state index is 12.1. The first-order chi connectivity index (χ1) is 16.1. The van der Waals surface area contributed by atoms with Crippen molar-refractivity contribution in [1.29, 1.82) is 0 Å². The molecular formula is C18H22F6N6O5. The molecule has 196 valence electrons. The second-order valence-electron chi connectivity index (χ2n) is 6.41. The summed E-state index contributed by atoms with van der Waals surface area (Å²) in [5.74, 6) is -3.21. The van der Waals surface area contributed by atoms with Crippen molar-refractivity contribution in [2.24, 2.45) is 10.7 Å². The van der Waals surface area contributed by atoms with Crippen LogP contribution in [0.4, 0.5) is 32.2 Å². The van der Waals surface area contributed by atoms with Gasteiger partial charge >= 0.3 is 24.3 Å². The lowest BCUT2D eigenvalue weighted by atomic mass is 10.2. The van der Waals surface area contributed by atoms with Crippen molar-refractivity contribution >= 4 is 29.6 Å². The van der Waals surface area contributed by atoms with Crippen LogP contribution in [0.2, 0.25) is 0 Å². The van der Waals surface area contributed by atoms with E-state index in [1.54, 1.807) is 5.32 Å². The number of aliphatic carboxylic acids is 2. The van der Waals surface area contributed by atoms with E-state index in [2.05, 4.69) is 20.3 Å². The minimum absolute atomic E-state index is 0.0783. The van der Waals surface area contributed by atoms with Crippen LogP contribution in [-0.2, 0) is 20.8 Å². The summed E-state index contributed by atoms with van der Waals surface area (Å²) in [5, 5.41) is 19.8. The summed E-state index contributed by atoms with van der Waals surface area (Å²) in [6.45, 7) is -2.81. The fourth-order valence-corrected chi connectivity index (χ4v) is 1.93. The van der Waals surface area contributed by atoms with Crippen LogP contribution in [0.25, 0.3) is 0 Å². The van der Waals surface area contributed by atoms with Gasteiger partial charge in [0.15, 0.2) is 5.96 Å². The molecule has 0 bridgehead atoms. The highest BCUT2D eigenvalue weighted by Crippen LogP contribution is 2.14. The number of hydrogen-bond acceptors (Lipinski definition) is 6. The second-order valence-corrected chi connectivity index (χ2v) is 6.41. The predicted molar refractivity (Wildman–Crippen MR) is 109 cm³/mol. The Hall–Kier alpha value is -3.92. The average Bonchev–Trinajstić information content (AvgIpc) is 2.72. The Balaban J connectivity index is 0.00000124. The molecule has 0 aliphatic heterocycles. The lowest BCUT2D eigenvalue weighted by Crippen LogP contribution is -2.33. The van der Waals surface area contributed by atoms with Gasteiger partial charge in [-0.2, -0.15) is 26.3 Å². The van der Waals surface area contributed by atoms with E-state index in [-0.39, 0.29) is 12.2 Å². The number of unbranched alkanes of at least 4 members (excludes halogenated alkanes) is 1. The standard InChI is InChI=1S/C14H18F6N6O.C4H4O4/c15-13(16,17)7-23-11(27)4-2-1-3-9-22-6-5-10(25-9)26-12(21)24-8-14(18,19)20;5-3(6)1-2-4(7)8/h5-6H,1-4,7-8H2,(H,23,27)(H3,21,22,24,25,26);1-2H,(H,5,6)(H,7,8)/b;2-1-. The van der Waals surface area contributed by atoms with Gasteiger partial charge in [0.2, 0.25) is 5.91 Å². The third-order valence-electron chi connectivity index (χ3n) is 3.30. The normalized spacial score (nSPS) is 12.0. The van der Waals surface area contributed by atoms with Gasteiger partial charge in [0.25, 0.3) is 0 Å². The van der Waals surface area contributed by atoms with Crippen LogP contribution < -0.4 is 16.4 Å². The van der Waals surface area contributed by atoms with Gasteiger partial charge in [-0.3, -0.25) is 4.79 Å². The van der Waals surface area contributed by atoms with Gasteiger partial charge in [0.05, 0.1) is 0 Å². The number of rotatable bonds is 10. The van der Waals surface area contributed by atoms with Crippen molar-refractivity contribution in [3.8, 4) is 0 Å². The number of aryl methyl sites for hydroxylation is 1. The highest BCUT2D eigenvalue weighted by molar-refractivity contribution is 5.91. The van der Waals surface area contributed by atoms with Crippen LogP contribution in [0.5, 0.6) is 0 Å². The number of carboxylic acid groups (broad SMARTS) is 2.